The Morgan fingerprint density at radius 1 is 0.721 bits per heavy atom. The van der Waals surface area contributed by atoms with Crippen molar-refractivity contribution >= 4 is 38.1 Å². The van der Waals surface area contributed by atoms with Crippen molar-refractivity contribution in [3.05, 3.63) is 124 Å². The molecule has 0 unspecified atom stereocenters. The molecule has 4 aromatic carbocycles. The van der Waals surface area contributed by atoms with Crippen molar-refractivity contribution in [3.8, 4) is 22.5 Å². The highest BCUT2D eigenvalue weighted by molar-refractivity contribution is 7.86. The average molecular weight is 589 g/mol. The summed E-state index contributed by atoms with van der Waals surface area (Å²) >= 11 is 0. The smallest absolute Gasteiger partial charge is 0.295 e. The van der Waals surface area contributed by atoms with E-state index in [0.29, 0.717) is 38.8 Å². The number of aryl methyl sites for hydroxylation is 5. The summed E-state index contributed by atoms with van der Waals surface area (Å²) in [7, 11) is -4.50. The Bertz CT molecular complexity index is 2150. The molecule has 0 radical (unpaired) electrons. The third-order valence-corrected chi connectivity index (χ3v) is 8.68. The number of nitrogens with zero attached hydrogens (tertiary/aromatic N) is 1. The van der Waals surface area contributed by atoms with Crippen molar-refractivity contribution in [1.29, 1.82) is 0 Å². The van der Waals surface area contributed by atoms with Gasteiger partial charge in [-0.05, 0) is 87.2 Å². The Morgan fingerprint density at radius 3 is 2.12 bits per heavy atom. The van der Waals surface area contributed by atoms with Crippen LogP contribution < -0.4 is 10.7 Å². The molecule has 6 rings (SSSR count). The summed E-state index contributed by atoms with van der Waals surface area (Å²) in [6, 6.07) is 28.3. The van der Waals surface area contributed by atoms with Crippen LogP contribution in [0.25, 0.3) is 33.4 Å². The maximum absolute atomic E-state index is 12.5. The van der Waals surface area contributed by atoms with E-state index in [1.807, 2.05) is 56.3 Å². The highest BCUT2D eigenvalue weighted by atomic mass is 32.2. The molecule has 1 aliphatic heterocycles. The number of anilines is 2. The van der Waals surface area contributed by atoms with E-state index < -0.39 is 10.1 Å². The van der Waals surface area contributed by atoms with Gasteiger partial charge in [0.15, 0.2) is 0 Å². The molecule has 6 nitrogen and oxygen atoms in total. The highest BCUT2D eigenvalue weighted by Crippen LogP contribution is 2.43. The molecule has 0 aromatic heterocycles. The zero-order valence-electron chi connectivity index (χ0n) is 24.7. The van der Waals surface area contributed by atoms with E-state index in [1.54, 1.807) is 18.2 Å². The normalized spacial score (nSPS) is 12.3. The topological polar surface area (TPSA) is 91.9 Å². The first-order chi connectivity index (χ1) is 20.5. The van der Waals surface area contributed by atoms with Gasteiger partial charge in [-0.1, -0.05) is 54.1 Å². The van der Waals surface area contributed by atoms with E-state index in [1.165, 1.54) is 11.6 Å². The third-order valence-electron chi connectivity index (χ3n) is 7.77. The largest absolute Gasteiger partial charge is 0.456 e. The van der Waals surface area contributed by atoms with Crippen LogP contribution in [0.4, 0.5) is 17.1 Å². The fourth-order valence-corrected chi connectivity index (χ4v) is 6.55. The quantitative estimate of drug-likeness (QED) is 0.155. The number of para-hydroxylation sites is 1. The van der Waals surface area contributed by atoms with Crippen LogP contribution in [-0.4, -0.2) is 13.0 Å². The standard InChI is InChI=1S/C36H32N2O4S/c1-21-17-24(4)36(25(5)18-21)38-27-14-16-29-32(20-27)42-31-19-26(37-35-22(2)9-8-10-23(35)3)13-15-28(31)34(29)30-11-6-7-12-33(30)43(39,40)41/h6-20,37H,1-5H3,(H,39,40,41)/b38-27+. The van der Waals surface area contributed by atoms with Crippen LogP contribution in [-0.2, 0) is 10.1 Å². The molecule has 1 heterocycles. The first kappa shape index (κ1) is 28.4. The van der Waals surface area contributed by atoms with Gasteiger partial charge in [0, 0.05) is 45.6 Å². The van der Waals surface area contributed by atoms with Gasteiger partial charge in [0.1, 0.15) is 16.2 Å². The molecule has 216 valence electrons. The Labute approximate surface area is 251 Å². The van der Waals surface area contributed by atoms with Gasteiger partial charge >= 0.3 is 0 Å². The molecule has 2 aliphatic rings. The van der Waals surface area contributed by atoms with Crippen LogP contribution in [0.2, 0.25) is 0 Å². The Balaban J connectivity index is 1.63. The lowest BCUT2D eigenvalue weighted by Gasteiger charge is -2.18. The fourth-order valence-electron chi connectivity index (χ4n) is 5.85. The number of fused-ring (bicyclic) bond motifs is 2. The number of hydrogen-bond donors (Lipinski definition) is 2. The van der Waals surface area contributed by atoms with Gasteiger partial charge < -0.3 is 9.73 Å². The lowest BCUT2D eigenvalue weighted by atomic mass is 9.93. The van der Waals surface area contributed by atoms with Crippen molar-refractivity contribution in [2.45, 2.75) is 39.5 Å². The maximum Gasteiger partial charge on any atom is 0.295 e. The van der Waals surface area contributed by atoms with Crippen molar-refractivity contribution < 1.29 is 17.4 Å². The van der Waals surface area contributed by atoms with Crippen LogP contribution >= 0.6 is 0 Å². The van der Waals surface area contributed by atoms with Crippen molar-refractivity contribution in [3.63, 3.8) is 0 Å². The molecule has 0 fully saturated rings. The van der Waals surface area contributed by atoms with Crippen molar-refractivity contribution in [1.82, 2.24) is 0 Å². The molecule has 1 aliphatic carbocycles. The van der Waals surface area contributed by atoms with Crippen molar-refractivity contribution in [2.24, 2.45) is 4.99 Å². The van der Waals surface area contributed by atoms with Gasteiger partial charge in [0.25, 0.3) is 10.1 Å². The first-order valence-corrected chi connectivity index (χ1v) is 15.5. The van der Waals surface area contributed by atoms with Gasteiger partial charge in [-0.25, -0.2) is 4.99 Å². The lowest BCUT2D eigenvalue weighted by Crippen LogP contribution is -2.05. The van der Waals surface area contributed by atoms with Crippen LogP contribution in [0.5, 0.6) is 0 Å². The first-order valence-electron chi connectivity index (χ1n) is 14.0. The van der Waals surface area contributed by atoms with E-state index >= 15 is 0 Å². The van der Waals surface area contributed by atoms with Crippen molar-refractivity contribution in [2.75, 3.05) is 5.32 Å². The molecule has 4 aromatic rings. The maximum atomic E-state index is 12.5. The summed E-state index contributed by atoms with van der Waals surface area (Å²) in [5.74, 6) is 0.542. The third kappa shape index (κ3) is 5.45. The Kier molecular flexibility index (Phi) is 7.16. The average Bonchev–Trinajstić information content (AvgIpc) is 2.95. The second-order valence-electron chi connectivity index (χ2n) is 11.1. The van der Waals surface area contributed by atoms with Crippen LogP contribution in [0, 0.1) is 34.6 Å². The minimum absolute atomic E-state index is 0.166. The number of nitrogens with one attached hydrogen (secondary N) is 1. The summed E-state index contributed by atoms with van der Waals surface area (Å²) in [6.07, 6.45) is 0. The molecule has 43 heavy (non-hydrogen) atoms. The predicted octanol–water partition coefficient (Wildman–Crippen LogP) is 8.97. The van der Waals surface area contributed by atoms with E-state index in [9.17, 15) is 13.0 Å². The Morgan fingerprint density at radius 2 is 1.42 bits per heavy atom. The van der Waals surface area contributed by atoms with Crippen LogP contribution in [0.1, 0.15) is 27.8 Å². The molecule has 0 amide bonds. The molecular weight excluding hydrogens is 556 g/mol. The SMILES string of the molecule is Cc1cc(C)c(/N=c2\ccc3c(-c4ccccc4S(=O)(=O)O)c4ccc(Nc5c(C)cccc5C)cc4oc-3c2)c(C)c1. The van der Waals surface area contributed by atoms with Gasteiger partial charge in [0.2, 0.25) is 0 Å². The minimum Gasteiger partial charge on any atom is -0.456 e. The van der Waals surface area contributed by atoms with Crippen LogP contribution in [0.15, 0.2) is 105 Å². The summed E-state index contributed by atoms with van der Waals surface area (Å²) in [6.45, 7) is 10.3. The zero-order valence-corrected chi connectivity index (χ0v) is 25.5. The van der Waals surface area contributed by atoms with E-state index in [0.717, 1.165) is 39.3 Å². The monoisotopic (exact) mass is 588 g/mol. The summed E-state index contributed by atoms with van der Waals surface area (Å²) in [4.78, 5) is 4.79. The summed E-state index contributed by atoms with van der Waals surface area (Å²) in [5.41, 5.74) is 10.6. The summed E-state index contributed by atoms with van der Waals surface area (Å²) < 4.78 is 41.6. The van der Waals surface area contributed by atoms with Gasteiger partial charge in [-0.15, -0.1) is 0 Å². The second-order valence-corrected chi connectivity index (χ2v) is 12.5. The molecule has 7 heteroatoms. The molecule has 0 saturated carbocycles. The lowest BCUT2D eigenvalue weighted by molar-refractivity contribution is 0.483. The number of benzene rings is 5. The highest BCUT2D eigenvalue weighted by Gasteiger charge is 2.23. The summed E-state index contributed by atoms with van der Waals surface area (Å²) in [5, 5.41) is 4.95. The molecular formula is C36H32N2O4S. The predicted molar refractivity (Wildman–Crippen MR) is 173 cm³/mol. The van der Waals surface area contributed by atoms with E-state index in [2.05, 4.69) is 50.4 Å². The van der Waals surface area contributed by atoms with Gasteiger partial charge in [-0.2, -0.15) is 8.42 Å². The molecule has 2 N–H and O–H groups in total. The van der Waals surface area contributed by atoms with Crippen LogP contribution in [0.3, 0.4) is 0 Å². The second kappa shape index (κ2) is 10.8. The molecule has 0 bridgehead atoms. The number of rotatable bonds is 5. The molecule has 0 saturated heterocycles. The number of hydrogen-bond acceptors (Lipinski definition) is 5. The van der Waals surface area contributed by atoms with E-state index in [-0.39, 0.29) is 4.90 Å². The zero-order chi connectivity index (χ0) is 30.5. The van der Waals surface area contributed by atoms with Gasteiger partial charge in [-0.3, -0.25) is 4.55 Å². The fraction of sp³-hybridized carbons (Fsp3) is 0.139. The molecule has 0 spiro atoms. The van der Waals surface area contributed by atoms with E-state index in [4.69, 9.17) is 9.41 Å². The minimum atomic E-state index is -4.50. The van der Waals surface area contributed by atoms with Gasteiger partial charge in [0.05, 0.1) is 11.0 Å². The molecule has 0 atom stereocenters. The Hall–Kier alpha value is -4.72.